The molecule has 0 bridgehead atoms. The zero-order valence-corrected chi connectivity index (χ0v) is 14.8. The van der Waals surface area contributed by atoms with Gasteiger partial charge < -0.3 is 4.74 Å². The topological polar surface area (TPSA) is 97.4 Å². The summed E-state index contributed by atoms with van der Waals surface area (Å²) in [4.78, 5) is 15.6. The van der Waals surface area contributed by atoms with Crippen LogP contribution in [0.3, 0.4) is 0 Å². The molecule has 7 nitrogen and oxygen atoms in total. The second kappa shape index (κ2) is 9.03. The van der Waals surface area contributed by atoms with Crippen molar-refractivity contribution >= 4 is 27.6 Å². The normalized spacial score (nSPS) is 10.9. The van der Waals surface area contributed by atoms with Crippen molar-refractivity contribution in [2.75, 3.05) is 16.6 Å². The Morgan fingerprint density at radius 3 is 2.52 bits per heavy atom. The van der Waals surface area contributed by atoms with Crippen LogP contribution < -0.4 is 10.0 Å². The molecule has 1 aromatic heterocycles. The van der Waals surface area contributed by atoms with E-state index in [0.717, 1.165) is 19.3 Å². The molecular weight excluding hydrogens is 342 g/mol. The summed E-state index contributed by atoms with van der Waals surface area (Å²) in [5, 5.41) is 2.56. The Kier molecular flexibility index (Phi) is 6.76. The lowest BCUT2D eigenvalue weighted by Crippen LogP contribution is -2.15. The van der Waals surface area contributed by atoms with Crippen LogP contribution in [0.1, 0.15) is 26.2 Å². The third-order valence-electron chi connectivity index (χ3n) is 3.30. The number of carbonyl (C=O) groups is 1. The van der Waals surface area contributed by atoms with E-state index in [9.17, 15) is 13.2 Å². The monoisotopic (exact) mass is 363 g/mol. The number of pyridine rings is 1. The molecule has 134 valence electrons. The van der Waals surface area contributed by atoms with Crippen LogP contribution in [0.15, 0.2) is 53.6 Å². The predicted molar refractivity (Wildman–Crippen MR) is 96.0 cm³/mol. The number of benzene rings is 1. The van der Waals surface area contributed by atoms with E-state index in [1.54, 1.807) is 18.2 Å². The Bertz CT molecular complexity index is 777. The number of carbonyl (C=O) groups excluding carboxylic acids is 1. The van der Waals surface area contributed by atoms with Crippen molar-refractivity contribution in [3.8, 4) is 0 Å². The molecule has 0 unspecified atom stereocenters. The standard InChI is InChI=1S/C17H21N3O4S/c1-2-3-6-13-24-17(21)19-14-8-10-15(11-9-14)25(22,23)20-16-7-4-5-12-18-16/h4-5,7-12H,2-3,6,13H2,1H3,(H,18,20)(H,19,21). The van der Waals surface area contributed by atoms with Gasteiger partial charge in [-0.3, -0.25) is 10.0 Å². The highest BCUT2D eigenvalue weighted by molar-refractivity contribution is 7.92. The van der Waals surface area contributed by atoms with Crippen LogP contribution in [0.5, 0.6) is 0 Å². The van der Waals surface area contributed by atoms with Gasteiger partial charge in [0.25, 0.3) is 10.0 Å². The molecule has 2 aromatic rings. The summed E-state index contributed by atoms with van der Waals surface area (Å²) in [5.74, 6) is 0.236. The minimum absolute atomic E-state index is 0.0695. The summed E-state index contributed by atoms with van der Waals surface area (Å²) in [6.45, 7) is 2.43. The lowest BCUT2D eigenvalue weighted by atomic mass is 10.3. The number of sulfonamides is 1. The van der Waals surface area contributed by atoms with Gasteiger partial charge in [-0.05, 0) is 42.8 Å². The first-order valence-electron chi connectivity index (χ1n) is 7.99. The van der Waals surface area contributed by atoms with E-state index in [1.807, 2.05) is 0 Å². The number of nitrogens with one attached hydrogen (secondary N) is 2. The minimum atomic E-state index is -3.74. The third kappa shape index (κ3) is 6.07. The fourth-order valence-electron chi connectivity index (χ4n) is 2.01. The first kappa shape index (κ1) is 18.7. The van der Waals surface area contributed by atoms with Crippen molar-refractivity contribution in [2.45, 2.75) is 31.1 Å². The van der Waals surface area contributed by atoms with Crippen molar-refractivity contribution in [3.05, 3.63) is 48.7 Å². The molecular formula is C17H21N3O4S. The van der Waals surface area contributed by atoms with Gasteiger partial charge in [0.1, 0.15) is 5.82 Å². The second-order valence-corrected chi connectivity index (χ2v) is 7.00. The number of hydrogen-bond donors (Lipinski definition) is 2. The quantitative estimate of drug-likeness (QED) is 0.698. The van der Waals surface area contributed by atoms with E-state index < -0.39 is 16.1 Å². The average molecular weight is 363 g/mol. The maximum absolute atomic E-state index is 12.3. The van der Waals surface area contributed by atoms with Crippen LogP contribution >= 0.6 is 0 Å². The summed E-state index contributed by atoms with van der Waals surface area (Å²) in [6, 6.07) is 10.7. The first-order chi connectivity index (χ1) is 12.0. The number of unbranched alkanes of at least 4 members (excludes halogenated alkanes) is 2. The lowest BCUT2D eigenvalue weighted by molar-refractivity contribution is 0.159. The van der Waals surface area contributed by atoms with Crippen molar-refractivity contribution in [1.82, 2.24) is 4.98 Å². The van der Waals surface area contributed by atoms with E-state index >= 15 is 0 Å². The molecule has 0 saturated carbocycles. The number of nitrogens with zero attached hydrogens (tertiary/aromatic N) is 1. The average Bonchev–Trinajstić information content (AvgIpc) is 2.60. The molecule has 0 aliphatic rings. The van der Waals surface area contributed by atoms with Gasteiger partial charge in [0.2, 0.25) is 0 Å². The molecule has 1 amide bonds. The molecule has 0 aliphatic carbocycles. The predicted octanol–water partition coefficient (Wildman–Crippen LogP) is 3.62. The fourth-order valence-corrected chi connectivity index (χ4v) is 3.02. The smallest absolute Gasteiger partial charge is 0.411 e. The molecule has 0 fully saturated rings. The zero-order valence-electron chi connectivity index (χ0n) is 13.9. The van der Waals surface area contributed by atoms with Crippen LogP contribution in [-0.4, -0.2) is 26.1 Å². The molecule has 0 aliphatic heterocycles. The van der Waals surface area contributed by atoms with Gasteiger partial charge in [0, 0.05) is 11.9 Å². The molecule has 2 N–H and O–H groups in total. The minimum Gasteiger partial charge on any atom is -0.449 e. The molecule has 1 aromatic carbocycles. The van der Waals surface area contributed by atoms with E-state index in [4.69, 9.17) is 4.74 Å². The van der Waals surface area contributed by atoms with E-state index in [1.165, 1.54) is 30.5 Å². The highest BCUT2D eigenvalue weighted by Crippen LogP contribution is 2.17. The van der Waals surface area contributed by atoms with Crippen LogP contribution in [-0.2, 0) is 14.8 Å². The number of anilines is 2. The summed E-state index contributed by atoms with van der Waals surface area (Å²) >= 11 is 0. The molecule has 0 spiro atoms. The van der Waals surface area contributed by atoms with Gasteiger partial charge >= 0.3 is 6.09 Å². The van der Waals surface area contributed by atoms with Gasteiger partial charge in [0.15, 0.2) is 0 Å². The number of aromatic nitrogens is 1. The molecule has 0 radical (unpaired) electrons. The van der Waals surface area contributed by atoms with Gasteiger partial charge in [-0.15, -0.1) is 0 Å². The first-order valence-corrected chi connectivity index (χ1v) is 9.47. The Morgan fingerprint density at radius 1 is 1.12 bits per heavy atom. The van der Waals surface area contributed by atoms with Crippen LogP contribution in [0.2, 0.25) is 0 Å². The summed E-state index contributed by atoms with van der Waals surface area (Å²) < 4.78 is 32.0. The Labute approximate surface area is 147 Å². The van der Waals surface area contributed by atoms with Gasteiger partial charge in [-0.2, -0.15) is 0 Å². The lowest BCUT2D eigenvalue weighted by Gasteiger charge is -2.09. The SMILES string of the molecule is CCCCCOC(=O)Nc1ccc(S(=O)(=O)Nc2ccccn2)cc1. The van der Waals surface area contributed by atoms with Crippen LogP contribution in [0.25, 0.3) is 0 Å². The molecule has 1 heterocycles. The van der Waals surface area contributed by atoms with Crippen molar-refractivity contribution in [2.24, 2.45) is 0 Å². The number of ether oxygens (including phenoxy) is 1. The largest absolute Gasteiger partial charge is 0.449 e. The molecule has 0 atom stereocenters. The number of hydrogen-bond acceptors (Lipinski definition) is 5. The van der Waals surface area contributed by atoms with Gasteiger partial charge in [-0.1, -0.05) is 25.8 Å². The number of rotatable bonds is 8. The van der Waals surface area contributed by atoms with Gasteiger partial charge in [-0.25, -0.2) is 18.2 Å². The van der Waals surface area contributed by atoms with Crippen molar-refractivity contribution in [3.63, 3.8) is 0 Å². The van der Waals surface area contributed by atoms with Gasteiger partial charge in [0.05, 0.1) is 11.5 Å². The van der Waals surface area contributed by atoms with Crippen molar-refractivity contribution < 1.29 is 17.9 Å². The van der Waals surface area contributed by atoms with Crippen molar-refractivity contribution in [1.29, 1.82) is 0 Å². The Hall–Kier alpha value is -2.61. The molecule has 0 saturated heterocycles. The van der Waals surface area contributed by atoms with E-state index in [0.29, 0.717) is 12.3 Å². The Morgan fingerprint density at radius 2 is 1.88 bits per heavy atom. The third-order valence-corrected chi connectivity index (χ3v) is 4.67. The Balaban J connectivity index is 1.93. The molecule has 25 heavy (non-hydrogen) atoms. The highest BCUT2D eigenvalue weighted by atomic mass is 32.2. The molecule has 8 heteroatoms. The van der Waals surface area contributed by atoms with Crippen LogP contribution in [0, 0.1) is 0 Å². The van der Waals surface area contributed by atoms with E-state index in [2.05, 4.69) is 21.9 Å². The maximum Gasteiger partial charge on any atom is 0.411 e. The second-order valence-electron chi connectivity index (χ2n) is 5.31. The number of amides is 1. The maximum atomic E-state index is 12.3. The zero-order chi connectivity index (χ0) is 18.1. The fraction of sp³-hybridized carbons (Fsp3) is 0.294. The van der Waals surface area contributed by atoms with Crippen LogP contribution in [0.4, 0.5) is 16.3 Å². The highest BCUT2D eigenvalue weighted by Gasteiger charge is 2.14. The summed E-state index contributed by atoms with van der Waals surface area (Å²) in [5.41, 5.74) is 0.456. The summed E-state index contributed by atoms with van der Waals surface area (Å²) in [7, 11) is -3.74. The van der Waals surface area contributed by atoms with E-state index in [-0.39, 0.29) is 10.7 Å². The molecule has 2 rings (SSSR count). The summed E-state index contributed by atoms with van der Waals surface area (Å²) in [6.07, 6.45) is 3.81.